The van der Waals surface area contributed by atoms with Crippen LogP contribution < -0.4 is 9.64 Å². The Balaban J connectivity index is 0.000000370. The van der Waals surface area contributed by atoms with Gasteiger partial charge in [0.05, 0.1) is 24.2 Å². The fourth-order valence-corrected chi connectivity index (χ4v) is 3.41. The molecular weight excluding hydrogens is 412 g/mol. The van der Waals surface area contributed by atoms with Gasteiger partial charge in [-0.2, -0.15) is 13.2 Å². The lowest BCUT2D eigenvalue weighted by molar-refractivity contribution is -0.144. The Morgan fingerprint density at radius 3 is 2.48 bits per heavy atom. The summed E-state index contributed by atoms with van der Waals surface area (Å²) in [5.74, 6) is 0.861. The lowest BCUT2D eigenvalue weighted by Crippen LogP contribution is -2.33. The Labute approximate surface area is 171 Å². The topological polar surface area (TPSA) is 42.4 Å². The van der Waals surface area contributed by atoms with Gasteiger partial charge in [-0.15, -0.1) is 0 Å². The molecule has 4 nitrogen and oxygen atoms in total. The Kier molecular flexibility index (Phi) is 8.25. The molecule has 0 amide bonds. The summed E-state index contributed by atoms with van der Waals surface area (Å²) < 4.78 is 51.4. The third kappa shape index (κ3) is 6.88. The van der Waals surface area contributed by atoms with Crippen LogP contribution in [0.25, 0.3) is 0 Å². The van der Waals surface area contributed by atoms with Gasteiger partial charge in [0.2, 0.25) is 0 Å². The number of rotatable bonds is 4. The van der Waals surface area contributed by atoms with Crippen molar-refractivity contribution in [2.24, 2.45) is 0 Å². The van der Waals surface area contributed by atoms with Crippen molar-refractivity contribution >= 4 is 23.6 Å². The number of pyridine rings is 1. The van der Waals surface area contributed by atoms with Gasteiger partial charge >= 0.3 is 6.18 Å². The van der Waals surface area contributed by atoms with Crippen LogP contribution in [0, 0.1) is 5.82 Å². The molecule has 2 aromatic rings. The van der Waals surface area contributed by atoms with E-state index in [-0.39, 0.29) is 12.1 Å². The molecule has 1 aromatic carbocycles. The summed E-state index contributed by atoms with van der Waals surface area (Å²) in [6.45, 7) is 1.77. The maximum absolute atomic E-state index is 13.5. The molecule has 1 aromatic heterocycles. The number of carbonyl (C=O) groups excluding carboxylic acids is 1. The van der Waals surface area contributed by atoms with Gasteiger partial charge in [-0.3, -0.25) is 4.98 Å². The van der Waals surface area contributed by atoms with E-state index in [0.29, 0.717) is 10.9 Å². The number of aromatic nitrogens is 1. The SMILES string of the molecule is COc1ccc(F)cc1C1CCN(c2ccncc2Cl)CC1.O=CCC(F)(F)F. The average Bonchev–Trinajstić information content (AvgIpc) is 2.68. The molecule has 3 rings (SSSR count). The molecule has 0 bridgehead atoms. The van der Waals surface area contributed by atoms with E-state index in [1.54, 1.807) is 31.6 Å². The third-order valence-electron chi connectivity index (χ3n) is 4.53. The van der Waals surface area contributed by atoms with E-state index < -0.39 is 12.6 Å². The zero-order chi connectivity index (χ0) is 21.4. The van der Waals surface area contributed by atoms with Crippen molar-refractivity contribution in [1.82, 2.24) is 4.98 Å². The number of halogens is 5. The standard InChI is InChI=1S/C17H18ClFN2O.C3H3F3O/c1-22-17-3-2-13(19)10-14(17)12-5-8-21(9-6-12)16-4-7-20-11-15(16)18;4-3(5,6)1-2-7/h2-4,7,10-12H,5-6,8-9H2,1H3;2H,1H2. The van der Waals surface area contributed by atoms with E-state index in [1.165, 1.54) is 6.07 Å². The Morgan fingerprint density at radius 2 is 1.97 bits per heavy atom. The average molecular weight is 433 g/mol. The maximum Gasteiger partial charge on any atom is 0.395 e. The molecule has 9 heteroatoms. The Morgan fingerprint density at radius 1 is 1.28 bits per heavy atom. The molecule has 0 N–H and O–H groups in total. The summed E-state index contributed by atoms with van der Waals surface area (Å²) in [5, 5.41) is 0.671. The number of nitrogens with zero attached hydrogens (tertiary/aromatic N) is 2. The van der Waals surface area contributed by atoms with Gasteiger partial charge in [0.15, 0.2) is 0 Å². The lowest BCUT2D eigenvalue weighted by Gasteiger charge is -2.34. The van der Waals surface area contributed by atoms with Crippen molar-refractivity contribution in [1.29, 1.82) is 0 Å². The number of methoxy groups -OCH3 is 1. The van der Waals surface area contributed by atoms with Crippen molar-refractivity contribution in [3.05, 3.63) is 53.1 Å². The normalized spacial score (nSPS) is 14.8. The fourth-order valence-electron chi connectivity index (χ4n) is 3.17. The van der Waals surface area contributed by atoms with Crippen LogP contribution >= 0.6 is 11.6 Å². The second-order valence-corrected chi connectivity index (χ2v) is 6.87. The first-order valence-corrected chi connectivity index (χ1v) is 9.31. The van der Waals surface area contributed by atoms with E-state index in [1.807, 2.05) is 6.07 Å². The Bertz CT molecular complexity index is 809. The van der Waals surface area contributed by atoms with Crippen LogP contribution in [0.1, 0.15) is 30.7 Å². The number of piperidine rings is 1. The van der Waals surface area contributed by atoms with Crippen molar-refractivity contribution in [3.8, 4) is 5.75 Å². The molecule has 0 spiro atoms. The smallest absolute Gasteiger partial charge is 0.395 e. The number of benzene rings is 1. The minimum Gasteiger partial charge on any atom is -0.496 e. The predicted molar refractivity (Wildman–Crippen MR) is 103 cm³/mol. The van der Waals surface area contributed by atoms with Gasteiger partial charge in [-0.05, 0) is 43.0 Å². The lowest BCUT2D eigenvalue weighted by atomic mass is 9.88. The van der Waals surface area contributed by atoms with Crippen LogP contribution in [0.2, 0.25) is 5.02 Å². The molecule has 0 unspecified atom stereocenters. The van der Waals surface area contributed by atoms with Gasteiger partial charge in [-0.1, -0.05) is 11.6 Å². The number of ether oxygens (including phenoxy) is 1. The van der Waals surface area contributed by atoms with E-state index in [2.05, 4.69) is 9.88 Å². The quantitative estimate of drug-likeness (QED) is 0.479. The molecular formula is C20H21ClF4N2O2. The maximum atomic E-state index is 13.5. The second kappa shape index (κ2) is 10.4. The molecule has 1 saturated heterocycles. The predicted octanol–water partition coefficient (Wildman–Crippen LogP) is 5.40. The molecule has 158 valence electrons. The summed E-state index contributed by atoms with van der Waals surface area (Å²) in [6.07, 6.45) is -0.521. The first-order valence-electron chi connectivity index (χ1n) is 8.93. The van der Waals surface area contributed by atoms with Gasteiger partial charge in [-0.25, -0.2) is 4.39 Å². The van der Waals surface area contributed by atoms with Crippen molar-refractivity contribution in [2.45, 2.75) is 31.4 Å². The molecule has 0 saturated carbocycles. The first kappa shape index (κ1) is 22.9. The zero-order valence-corrected chi connectivity index (χ0v) is 16.5. The zero-order valence-electron chi connectivity index (χ0n) is 15.8. The Hall–Kier alpha value is -2.35. The fraction of sp³-hybridized carbons (Fsp3) is 0.400. The summed E-state index contributed by atoms with van der Waals surface area (Å²) in [6, 6.07) is 6.68. The number of carbonyl (C=O) groups is 1. The van der Waals surface area contributed by atoms with E-state index >= 15 is 0 Å². The van der Waals surface area contributed by atoms with Crippen LogP contribution in [0.5, 0.6) is 5.75 Å². The largest absolute Gasteiger partial charge is 0.496 e. The molecule has 0 atom stereocenters. The van der Waals surface area contributed by atoms with E-state index in [4.69, 9.17) is 21.1 Å². The van der Waals surface area contributed by atoms with Crippen molar-refractivity contribution in [2.75, 3.05) is 25.1 Å². The summed E-state index contributed by atoms with van der Waals surface area (Å²) >= 11 is 6.21. The molecule has 29 heavy (non-hydrogen) atoms. The summed E-state index contributed by atoms with van der Waals surface area (Å²) in [5.41, 5.74) is 1.98. The number of aldehydes is 1. The molecule has 1 aliphatic rings. The minimum absolute atomic E-state index is 0.167. The van der Waals surface area contributed by atoms with Gasteiger partial charge in [0.25, 0.3) is 0 Å². The van der Waals surface area contributed by atoms with Crippen LogP contribution in [-0.4, -0.2) is 37.6 Å². The molecule has 1 fully saturated rings. The number of alkyl halides is 3. The van der Waals surface area contributed by atoms with Crippen LogP contribution in [0.4, 0.5) is 23.2 Å². The molecule has 0 aliphatic carbocycles. The first-order chi connectivity index (χ1) is 13.7. The summed E-state index contributed by atoms with van der Waals surface area (Å²) in [7, 11) is 1.63. The van der Waals surface area contributed by atoms with E-state index in [9.17, 15) is 17.6 Å². The van der Waals surface area contributed by atoms with Gasteiger partial charge < -0.3 is 14.4 Å². The number of hydrogen-bond acceptors (Lipinski definition) is 4. The van der Waals surface area contributed by atoms with Crippen LogP contribution in [0.15, 0.2) is 36.7 Å². The highest BCUT2D eigenvalue weighted by atomic mass is 35.5. The second-order valence-electron chi connectivity index (χ2n) is 6.46. The molecule has 1 aliphatic heterocycles. The van der Waals surface area contributed by atoms with E-state index in [0.717, 1.165) is 42.9 Å². The highest BCUT2D eigenvalue weighted by Gasteiger charge is 2.26. The highest BCUT2D eigenvalue weighted by molar-refractivity contribution is 6.33. The van der Waals surface area contributed by atoms with Crippen molar-refractivity contribution in [3.63, 3.8) is 0 Å². The minimum atomic E-state index is -4.32. The third-order valence-corrected chi connectivity index (χ3v) is 4.82. The summed E-state index contributed by atoms with van der Waals surface area (Å²) in [4.78, 5) is 15.4. The molecule has 0 radical (unpaired) electrons. The number of hydrogen-bond donors (Lipinski definition) is 0. The number of anilines is 1. The van der Waals surface area contributed by atoms with Crippen LogP contribution in [0.3, 0.4) is 0 Å². The molecule has 2 heterocycles. The monoisotopic (exact) mass is 432 g/mol. The van der Waals surface area contributed by atoms with Crippen molar-refractivity contribution < 1.29 is 27.1 Å². The van der Waals surface area contributed by atoms with Gasteiger partial charge in [0, 0.05) is 31.0 Å². The van der Waals surface area contributed by atoms with Crippen LogP contribution in [-0.2, 0) is 4.79 Å². The van der Waals surface area contributed by atoms with Gasteiger partial charge in [0.1, 0.15) is 17.9 Å². The highest BCUT2D eigenvalue weighted by Crippen LogP contribution is 2.37.